The number of aryl methyl sites for hydroxylation is 1. The first kappa shape index (κ1) is 15.7. The van der Waals surface area contributed by atoms with E-state index in [4.69, 9.17) is 5.11 Å². The van der Waals surface area contributed by atoms with Gasteiger partial charge >= 0.3 is 0 Å². The lowest BCUT2D eigenvalue weighted by atomic mass is 9.98. The van der Waals surface area contributed by atoms with Crippen LogP contribution in [0.5, 0.6) is 0 Å². The molecular formula is C13H19BrO3S. The minimum atomic E-state index is -3.14. The second kappa shape index (κ2) is 6.17. The molecule has 1 rings (SSSR count). The molecule has 0 unspecified atom stereocenters. The van der Waals surface area contributed by atoms with Crippen molar-refractivity contribution in [1.29, 1.82) is 0 Å². The summed E-state index contributed by atoms with van der Waals surface area (Å²) in [6.07, 6.45) is 0.503. The lowest BCUT2D eigenvalue weighted by molar-refractivity contribution is 0.179. The van der Waals surface area contributed by atoms with Crippen LogP contribution in [-0.4, -0.2) is 31.6 Å². The first-order chi connectivity index (χ1) is 8.24. The van der Waals surface area contributed by atoms with Crippen LogP contribution in [0.3, 0.4) is 0 Å². The Morgan fingerprint density at radius 1 is 1.33 bits per heavy atom. The Labute approximate surface area is 117 Å². The van der Waals surface area contributed by atoms with Crippen molar-refractivity contribution < 1.29 is 13.5 Å². The van der Waals surface area contributed by atoms with Crippen LogP contribution >= 0.6 is 15.9 Å². The van der Waals surface area contributed by atoms with Gasteiger partial charge in [-0.1, -0.05) is 41.9 Å². The van der Waals surface area contributed by atoms with Gasteiger partial charge in [-0.25, -0.2) is 8.42 Å². The van der Waals surface area contributed by atoms with Crippen molar-refractivity contribution in [3.05, 3.63) is 34.3 Å². The minimum Gasteiger partial charge on any atom is -0.396 e. The van der Waals surface area contributed by atoms with E-state index < -0.39 is 15.3 Å². The zero-order valence-electron chi connectivity index (χ0n) is 10.7. The summed E-state index contributed by atoms with van der Waals surface area (Å²) in [5, 5.41) is 9.11. The molecule has 1 aromatic rings. The van der Waals surface area contributed by atoms with Gasteiger partial charge in [-0.3, -0.25) is 0 Å². The highest BCUT2D eigenvalue weighted by molar-refractivity contribution is 9.10. The first-order valence-electron chi connectivity index (χ1n) is 5.80. The molecule has 0 radical (unpaired) electrons. The average molecular weight is 335 g/mol. The van der Waals surface area contributed by atoms with Gasteiger partial charge in [0.1, 0.15) is 0 Å². The summed E-state index contributed by atoms with van der Waals surface area (Å²) in [5.41, 5.74) is 0.422. The van der Waals surface area contributed by atoms with E-state index in [9.17, 15) is 8.42 Å². The molecule has 0 amide bonds. The van der Waals surface area contributed by atoms with E-state index in [0.29, 0.717) is 6.42 Å². The number of benzene rings is 1. The molecule has 1 aromatic carbocycles. The number of halogens is 1. The third kappa shape index (κ3) is 5.50. The number of hydrogen-bond donors (Lipinski definition) is 1. The Morgan fingerprint density at radius 2 is 2.00 bits per heavy atom. The Kier molecular flexibility index (Phi) is 5.37. The summed E-state index contributed by atoms with van der Waals surface area (Å²) in [6, 6.07) is 7.64. The molecule has 0 aromatic heterocycles. The maximum atomic E-state index is 11.9. The molecule has 0 atom stereocenters. The van der Waals surface area contributed by atoms with E-state index in [-0.39, 0.29) is 18.1 Å². The van der Waals surface area contributed by atoms with Crippen LogP contribution in [0, 0.1) is 5.41 Å². The van der Waals surface area contributed by atoms with Crippen molar-refractivity contribution in [2.45, 2.75) is 20.3 Å². The van der Waals surface area contributed by atoms with Crippen LogP contribution in [0.15, 0.2) is 28.7 Å². The van der Waals surface area contributed by atoms with E-state index in [1.54, 1.807) is 13.8 Å². The fraction of sp³-hybridized carbons (Fsp3) is 0.538. The van der Waals surface area contributed by atoms with Gasteiger partial charge in [0.2, 0.25) is 0 Å². The van der Waals surface area contributed by atoms with Gasteiger partial charge in [0.15, 0.2) is 9.84 Å². The summed E-state index contributed by atoms with van der Waals surface area (Å²) in [5.74, 6) is 0.136. The second-order valence-corrected chi connectivity index (χ2v) is 8.39. The maximum Gasteiger partial charge on any atom is 0.151 e. The van der Waals surface area contributed by atoms with Gasteiger partial charge in [-0.05, 0) is 24.1 Å². The van der Waals surface area contributed by atoms with Gasteiger partial charge in [-0.2, -0.15) is 0 Å². The van der Waals surface area contributed by atoms with E-state index in [1.165, 1.54) is 0 Å². The van der Waals surface area contributed by atoms with Crippen molar-refractivity contribution in [3.63, 3.8) is 0 Å². The summed E-state index contributed by atoms with van der Waals surface area (Å²) in [6.45, 7) is 3.39. The molecule has 3 nitrogen and oxygen atoms in total. The minimum absolute atomic E-state index is 0.0184. The van der Waals surface area contributed by atoms with Gasteiger partial charge in [0, 0.05) is 16.5 Å². The number of rotatable bonds is 6. The summed E-state index contributed by atoms with van der Waals surface area (Å²) in [4.78, 5) is 0. The number of hydrogen-bond acceptors (Lipinski definition) is 3. The summed E-state index contributed by atoms with van der Waals surface area (Å²) < 4.78 is 24.8. The molecule has 0 aliphatic carbocycles. The quantitative estimate of drug-likeness (QED) is 0.869. The molecule has 0 fully saturated rings. The molecule has 0 spiro atoms. The van der Waals surface area contributed by atoms with Crippen LogP contribution in [0.2, 0.25) is 0 Å². The van der Waals surface area contributed by atoms with Gasteiger partial charge < -0.3 is 5.11 Å². The van der Waals surface area contributed by atoms with E-state index in [1.807, 2.05) is 24.3 Å². The Morgan fingerprint density at radius 3 is 2.56 bits per heavy atom. The Bertz CT molecular complexity index is 495. The van der Waals surface area contributed by atoms with Crippen molar-refractivity contribution >= 4 is 25.8 Å². The highest BCUT2D eigenvalue weighted by Gasteiger charge is 2.25. The van der Waals surface area contributed by atoms with Crippen LogP contribution < -0.4 is 0 Å². The van der Waals surface area contributed by atoms with Crippen molar-refractivity contribution in [3.8, 4) is 0 Å². The first-order valence-corrected chi connectivity index (χ1v) is 8.41. The molecule has 0 saturated heterocycles. The van der Waals surface area contributed by atoms with Gasteiger partial charge in [0.05, 0.1) is 11.5 Å². The number of aliphatic hydroxyl groups excluding tert-OH is 1. The zero-order chi connectivity index (χ0) is 13.8. The lowest BCUT2D eigenvalue weighted by Gasteiger charge is -2.21. The lowest BCUT2D eigenvalue weighted by Crippen LogP contribution is -2.29. The number of aliphatic hydroxyl groups is 1. The fourth-order valence-electron chi connectivity index (χ4n) is 1.68. The SMILES string of the molecule is CC(C)(CO)CS(=O)(=O)CCc1cccc(Br)c1. The third-order valence-electron chi connectivity index (χ3n) is 2.63. The molecule has 0 saturated carbocycles. The van der Waals surface area contributed by atoms with Crippen LogP contribution in [0.1, 0.15) is 19.4 Å². The second-order valence-electron chi connectivity index (χ2n) is 5.29. The highest BCUT2D eigenvalue weighted by Crippen LogP contribution is 2.18. The predicted molar refractivity (Wildman–Crippen MR) is 77.4 cm³/mol. The summed E-state index contributed by atoms with van der Waals surface area (Å²) in [7, 11) is -3.14. The van der Waals surface area contributed by atoms with E-state index in [0.717, 1.165) is 10.0 Å². The smallest absolute Gasteiger partial charge is 0.151 e. The van der Waals surface area contributed by atoms with E-state index >= 15 is 0 Å². The van der Waals surface area contributed by atoms with Crippen molar-refractivity contribution in [2.75, 3.05) is 18.1 Å². The largest absolute Gasteiger partial charge is 0.396 e. The van der Waals surface area contributed by atoms with Crippen LogP contribution in [0.25, 0.3) is 0 Å². The predicted octanol–water partition coefficient (Wildman–Crippen LogP) is 2.42. The molecule has 1 N–H and O–H groups in total. The molecule has 0 aliphatic heterocycles. The van der Waals surface area contributed by atoms with Crippen molar-refractivity contribution in [2.24, 2.45) is 5.41 Å². The highest BCUT2D eigenvalue weighted by atomic mass is 79.9. The molecule has 0 heterocycles. The third-order valence-corrected chi connectivity index (χ3v) is 5.17. The standard InChI is InChI=1S/C13H19BrO3S/c1-13(2,9-15)10-18(16,17)7-6-11-4-3-5-12(14)8-11/h3-5,8,15H,6-7,9-10H2,1-2H3. The van der Waals surface area contributed by atoms with Crippen LogP contribution in [0.4, 0.5) is 0 Å². The Hall–Kier alpha value is -0.390. The van der Waals surface area contributed by atoms with Crippen molar-refractivity contribution in [1.82, 2.24) is 0 Å². The molecule has 5 heteroatoms. The monoisotopic (exact) mass is 334 g/mol. The van der Waals surface area contributed by atoms with Gasteiger partial charge in [-0.15, -0.1) is 0 Å². The molecule has 102 valence electrons. The average Bonchev–Trinajstić information content (AvgIpc) is 2.25. The number of sulfone groups is 1. The molecule has 0 aliphatic rings. The Balaban J connectivity index is 2.63. The normalized spacial score (nSPS) is 12.7. The molecule has 18 heavy (non-hydrogen) atoms. The topological polar surface area (TPSA) is 54.4 Å². The fourth-order valence-corrected chi connectivity index (χ4v) is 4.10. The zero-order valence-corrected chi connectivity index (χ0v) is 13.1. The maximum absolute atomic E-state index is 11.9. The molecule has 0 bridgehead atoms. The van der Waals surface area contributed by atoms with Crippen LogP contribution in [-0.2, 0) is 16.3 Å². The molecular weight excluding hydrogens is 316 g/mol. The summed E-state index contributed by atoms with van der Waals surface area (Å²) >= 11 is 3.36. The van der Waals surface area contributed by atoms with Gasteiger partial charge in [0.25, 0.3) is 0 Å². The van der Waals surface area contributed by atoms with E-state index in [2.05, 4.69) is 15.9 Å².